The molecule has 1 heterocycles. The van der Waals surface area contributed by atoms with E-state index in [1.807, 2.05) is 0 Å². The van der Waals surface area contributed by atoms with Crippen LogP contribution < -0.4 is 10.2 Å². The van der Waals surface area contributed by atoms with Gasteiger partial charge in [-0.05, 0) is 38.0 Å². The van der Waals surface area contributed by atoms with Crippen molar-refractivity contribution in [3.63, 3.8) is 0 Å². The molecule has 24 heavy (non-hydrogen) atoms. The Morgan fingerprint density at radius 3 is 2.83 bits per heavy atom. The molecule has 1 aromatic carbocycles. The first-order chi connectivity index (χ1) is 11.5. The number of halogens is 1. The largest absolute Gasteiger partial charge is 0.466 e. The first-order valence-electron chi connectivity index (χ1n) is 8.06. The summed E-state index contributed by atoms with van der Waals surface area (Å²) in [6.45, 7) is 3.04. The van der Waals surface area contributed by atoms with Crippen molar-refractivity contribution >= 4 is 35.1 Å². The Bertz CT molecular complexity index is 633. The van der Waals surface area contributed by atoms with E-state index < -0.39 is 0 Å². The minimum Gasteiger partial charge on any atom is -0.466 e. The number of anilines is 1. The van der Waals surface area contributed by atoms with Crippen LogP contribution in [0.5, 0.6) is 0 Å². The minimum absolute atomic E-state index is 0.00590. The molecular weight excluding hydrogens is 332 g/mol. The van der Waals surface area contributed by atoms with Crippen molar-refractivity contribution in [1.29, 1.82) is 0 Å². The highest BCUT2D eigenvalue weighted by Crippen LogP contribution is 2.28. The maximum atomic E-state index is 12.4. The molecule has 6 nitrogen and oxygen atoms in total. The normalized spacial score (nSPS) is 13.9. The van der Waals surface area contributed by atoms with Crippen LogP contribution in [0.15, 0.2) is 18.2 Å². The summed E-state index contributed by atoms with van der Waals surface area (Å²) >= 11 is 6.02. The zero-order valence-corrected chi connectivity index (χ0v) is 14.4. The standard InChI is InChI=1S/C17H21ClN2O4/c1-2-24-16(22)6-3-9-19-17(23)13-8-7-12(18)11-14(13)20-10-4-5-15(20)21/h7-8,11H,2-6,9-10H2,1H3,(H,19,23). The van der Waals surface area contributed by atoms with Crippen molar-refractivity contribution < 1.29 is 19.1 Å². The van der Waals surface area contributed by atoms with Crippen molar-refractivity contribution in [2.45, 2.75) is 32.6 Å². The van der Waals surface area contributed by atoms with Crippen molar-refractivity contribution in [2.24, 2.45) is 0 Å². The molecule has 0 aromatic heterocycles. The average molecular weight is 353 g/mol. The topological polar surface area (TPSA) is 75.7 Å². The third-order valence-corrected chi connectivity index (χ3v) is 3.95. The molecule has 0 spiro atoms. The van der Waals surface area contributed by atoms with E-state index in [4.69, 9.17) is 16.3 Å². The molecule has 2 rings (SSSR count). The number of ether oxygens (including phenoxy) is 1. The zero-order chi connectivity index (χ0) is 17.5. The van der Waals surface area contributed by atoms with Crippen LogP contribution >= 0.6 is 11.6 Å². The van der Waals surface area contributed by atoms with E-state index in [9.17, 15) is 14.4 Å². The van der Waals surface area contributed by atoms with Crippen LogP contribution in [0.4, 0.5) is 5.69 Å². The van der Waals surface area contributed by atoms with Crippen molar-refractivity contribution in [1.82, 2.24) is 5.32 Å². The summed E-state index contributed by atoms with van der Waals surface area (Å²) in [7, 11) is 0. The molecule has 1 fully saturated rings. The highest BCUT2D eigenvalue weighted by atomic mass is 35.5. The van der Waals surface area contributed by atoms with Crippen molar-refractivity contribution in [3.05, 3.63) is 28.8 Å². The molecule has 130 valence electrons. The van der Waals surface area contributed by atoms with Crippen LogP contribution in [0.1, 0.15) is 43.0 Å². The lowest BCUT2D eigenvalue weighted by atomic mass is 10.1. The summed E-state index contributed by atoms with van der Waals surface area (Å²) in [6.07, 6.45) is 2.00. The summed E-state index contributed by atoms with van der Waals surface area (Å²) in [6, 6.07) is 4.88. The lowest BCUT2D eigenvalue weighted by molar-refractivity contribution is -0.143. The van der Waals surface area contributed by atoms with Gasteiger partial charge in [-0.15, -0.1) is 0 Å². The van der Waals surface area contributed by atoms with E-state index in [2.05, 4.69) is 5.32 Å². The van der Waals surface area contributed by atoms with E-state index in [0.717, 1.165) is 6.42 Å². The average Bonchev–Trinajstić information content (AvgIpc) is 2.97. The number of amides is 2. The van der Waals surface area contributed by atoms with Gasteiger partial charge in [0.2, 0.25) is 5.91 Å². The SMILES string of the molecule is CCOC(=O)CCCNC(=O)c1ccc(Cl)cc1N1CCCC1=O. The number of carbonyl (C=O) groups excluding carboxylic acids is 3. The molecule has 2 amide bonds. The first-order valence-corrected chi connectivity index (χ1v) is 8.44. The predicted molar refractivity (Wildman–Crippen MR) is 91.2 cm³/mol. The molecule has 0 radical (unpaired) electrons. The quantitative estimate of drug-likeness (QED) is 0.604. The number of hydrogen-bond acceptors (Lipinski definition) is 4. The summed E-state index contributed by atoms with van der Waals surface area (Å²) in [5.74, 6) is -0.569. The maximum Gasteiger partial charge on any atom is 0.305 e. The van der Waals surface area contributed by atoms with Crippen LogP contribution in [0.2, 0.25) is 5.02 Å². The van der Waals surface area contributed by atoms with Crippen LogP contribution in [-0.4, -0.2) is 37.5 Å². The van der Waals surface area contributed by atoms with Gasteiger partial charge in [-0.25, -0.2) is 0 Å². The number of nitrogens with one attached hydrogen (secondary N) is 1. The number of benzene rings is 1. The van der Waals surface area contributed by atoms with Gasteiger partial charge < -0.3 is 15.0 Å². The molecule has 1 aliphatic heterocycles. The number of nitrogens with zero attached hydrogens (tertiary/aromatic N) is 1. The van der Waals surface area contributed by atoms with E-state index >= 15 is 0 Å². The second-order valence-corrected chi connectivity index (χ2v) is 5.91. The van der Waals surface area contributed by atoms with Crippen LogP contribution in [0.25, 0.3) is 0 Å². The fraction of sp³-hybridized carbons (Fsp3) is 0.471. The van der Waals surface area contributed by atoms with Gasteiger partial charge in [0, 0.05) is 31.0 Å². The molecule has 0 unspecified atom stereocenters. The molecule has 0 atom stereocenters. The van der Waals surface area contributed by atoms with E-state index in [-0.39, 0.29) is 24.2 Å². The Morgan fingerprint density at radius 1 is 1.38 bits per heavy atom. The number of carbonyl (C=O) groups is 3. The van der Waals surface area contributed by atoms with E-state index in [1.165, 1.54) is 0 Å². The van der Waals surface area contributed by atoms with Gasteiger partial charge in [0.05, 0.1) is 17.9 Å². The van der Waals surface area contributed by atoms with E-state index in [1.54, 1.807) is 30.0 Å². The number of rotatable bonds is 7. The second kappa shape index (κ2) is 8.68. The van der Waals surface area contributed by atoms with Gasteiger partial charge >= 0.3 is 5.97 Å². The van der Waals surface area contributed by atoms with Gasteiger partial charge in [0.1, 0.15) is 0 Å². The Kier molecular flexibility index (Phi) is 6.61. The molecule has 7 heteroatoms. The second-order valence-electron chi connectivity index (χ2n) is 5.47. The Morgan fingerprint density at radius 2 is 2.17 bits per heavy atom. The maximum absolute atomic E-state index is 12.4. The third kappa shape index (κ3) is 4.71. The molecule has 0 bridgehead atoms. The fourth-order valence-electron chi connectivity index (χ4n) is 2.59. The summed E-state index contributed by atoms with van der Waals surface area (Å²) < 4.78 is 4.83. The van der Waals surface area contributed by atoms with Gasteiger partial charge in [-0.2, -0.15) is 0 Å². The lowest BCUT2D eigenvalue weighted by Gasteiger charge is -2.19. The Balaban J connectivity index is 1.99. The predicted octanol–water partition coefficient (Wildman–Crippen LogP) is 2.54. The third-order valence-electron chi connectivity index (χ3n) is 3.72. The minimum atomic E-state index is -0.287. The molecule has 0 saturated carbocycles. The molecular formula is C17H21ClN2O4. The van der Waals surface area contributed by atoms with Crippen LogP contribution in [0, 0.1) is 0 Å². The molecule has 1 N–H and O–H groups in total. The fourth-order valence-corrected chi connectivity index (χ4v) is 2.75. The van der Waals surface area contributed by atoms with Crippen molar-refractivity contribution in [2.75, 3.05) is 24.6 Å². The monoisotopic (exact) mass is 352 g/mol. The van der Waals surface area contributed by atoms with Gasteiger partial charge in [-0.3, -0.25) is 14.4 Å². The highest BCUT2D eigenvalue weighted by Gasteiger charge is 2.26. The van der Waals surface area contributed by atoms with Gasteiger partial charge in [-0.1, -0.05) is 11.6 Å². The Hall–Kier alpha value is -2.08. The molecule has 1 aromatic rings. The Labute approximate surface area is 146 Å². The lowest BCUT2D eigenvalue weighted by Crippen LogP contribution is -2.30. The van der Waals surface area contributed by atoms with Crippen LogP contribution in [0.3, 0.4) is 0 Å². The zero-order valence-electron chi connectivity index (χ0n) is 13.6. The summed E-state index contributed by atoms with van der Waals surface area (Å²) in [5, 5.41) is 3.24. The summed E-state index contributed by atoms with van der Waals surface area (Å²) in [4.78, 5) is 37.2. The van der Waals surface area contributed by atoms with Crippen LogP contribution in [-0.2, 0) is 14.3 Å². The summed E-state index contributed by atoms with van der Waals surface area (Å²) in [5.41, 5.74) is 0.943. The number of hydrogen-bond donors (Lipinski definition) is 1. The molecule has 1 aliphatic rings. The van der Waals surface area contributed by atoms with Crippen molar-refractivity contribution in [3.8, 4) is 0 Å². The molecule has 1 saturated heterocycles. The smallest absolute Gasteiger partial charge is 0.305 e. The van der Waals surface area contributed by atoms with Gasteiger partial charge in [0.15, 0.2) is 0 Å². The number of esters is 1. The molecule has 0 aliphatic carbocycles. The van der Waals surface area contributed by atoms with E-state index in [0.29, 0.717) is 48.8 Å². The van der Waals surface area contributed by atoms with Gasteiger partial charge in [0.25, 0.3) is 5.91 Å². The first kappa shape index (κ1) is 18.3. The highest BCUT2D eigenvalue weighted by molar-refractivity contribution is 6.31.